The summed E-state index contributed by atoms with van der Waals surface area (Å²) in [6.07, 6.45) is 2.31. The largest absolute Gasteiger partial charge is 0.493 e. The molecule has 0 fully saturated rings. The SMILES string of the molecule is COCCCC(N)C(=O)NCc1cc(Br)cc2c1OCC2. The molecule has 0 saturated heterocycles. The Morgan fingerprint density at radius 1 is 1.57 bits per heavy atom. The van der Waals surface area contributed by atoms with Crippen LogP contribution in [-0.4, -0.2) is 32.3 Å². The number of nitrogens with two attached hydrogens (primary N) is 1. The number of ether oxygens (including phenoxy) is 2. The second kappa shape index (κ2) is 7.77. The van der Waals surface area contributed by atoms with Gasteiger partial charge in [-0.05, 0) is 30.5 Å². The van der Waals surface area contributed by atoms with Gasteiger partial charge in [0.1, 0.15) is 5.75 Å². The van der Waals surface area contributed by atoms with Crippen molar-refractivity contribution in [2.75, 3.05) is 20.3 Å². The number of benzene rings is 1. The van der Waals surface area contributed by atoms with Crippen molar-refractivity contribution in [1.82, 2.24) is 5.32 Å². The van der Waals surface area contributed by atoms with Crippen LogP contribution in [0.25, 0.3) is 0 Å². The number of carbonyl (C=O) groups excluding carboxylic acids is 1. The van der Waals surface area contributed by atoms with Gasteiger partial charge < -0.3 is 20.5 Å². The summed E-state index contributed by atoms with van der Waals surface area (Å²) >= 11 is 3.49. The fourth-order valence-corrected chi connectivity index (χ4v) is 2.92. The second-order valence-electron chi connectivity index (χ2n) is 5.11. The van der Waals surface area contributed by atoms with Crippen molar-refractivity contribution in [3.8, 4) is 5.75 Å². The summed E-state index contributed by atoms with van der Waals surface area (Å²) < 4.78 is 11.6. The molecule has 0 aromatic heterocycles. The Hall–Kier alpha value is -1.11. The van der Waals surface area contributed by atoms with Crippen molar-refractivity contribution in [2.45, 2.75) is 31.8 Å². The van der Waals surface area contributed by atoms with E-state index in [1.165, 1.54) is 5.56 Å². The van der Waals surface area contributed by atoms with Crippen LogP contribution >= 0.6 is 15.9 Å². The Bertz CT molecular complexity index is 508. The van der Waals surface area contributed by atoms with Crippen LogP contribution < -0.4 is 15.8 Å². The quantitative estimate of drug-likeness (QED) is 0.730. The van der Waals surface area contributed by atoms with Crippen molar-refractivity contribution < 1.29 is 14.3 Å². The first kappa shape index (κ1) is 16.3. The normalized spacial score (nSPS) is 14.4. The summed E-state index contributed by atoms with van der Waals surface area (Å²) in [6, 6.07) is 3.53. The Labute approximate surface area is 133 Å². The molecule has 1 aromatic rings. The third-order valence-corrected chi connectivity index (χ3v) is 3.94. The van der Waals surface area contributed by atoms with E-state index in [9.17, 15) is 4.79 Å². The minimum Gasteiger partial charge on any atom is -0.493 e. The van der Waals surface area contributed by atoms with Gasteiger partial charge in [-0.1, -0.05) is 15.9 Å². The molecule has 0 spiro atoms. The van der Waals surface area contributed by atoms with E-state index in [0.29, 0.717) is 26.2 Å². The lowest BCUT2D eigenvalue weighted by Crippen LogP contribution is -2.40. The lowest BCUT2D eigenvalue weighted by Gasteiger charge is -2.14. The topological polar surface area (TPSA) is 73.6 Å². The standard InChI is InChI=1S/C15H21BrN2O3/c1-20-5-2-3-13(17)15(19)18-9-11-8-12(16)7-10-4-6-21-14(10)11/h7-8,13H,2-6,9,17H2,1H3,(H,18,19). The van der Waals surface area contributed by atoms with Gasteiger partial charge >= 0.3 is 0 Å². The van der Waals surface area contributed by atoms with E-state index in [1.807, 2.05) is 6.07 Å². The number of fused-ring (bicyclic) bond motifs is 1. The molecule has 0 saturated carbocycles. The smallest absolute Gasteiger partial charge is 0.237 e. The van der Waals surface area contributed by atoms with Crippen LogP contribution in [0.5, 0.6) is 5.75 Å². The van der Waals surface area contributed by atoms with Crippen LogP contribution in [0.4, 0.5) is 0 Å². The molecule has 1 aliphatic heterocycles. The molecular formula is C15H21BrN2O3. The van der Waals surface area contributed by atoms with E-state index in [1.54, 1.807) is 7.11 Å². The Kier molecular flexibility index (Phi) is 6.02. The third-order valence-electron chi connectivity index (χ3n) is 3.48. The van der Waals surface area contributed by atoms with Crippen molar-refractivity contribution in [3.05, 3.63) is 27.7 Å². The highest BCUT2D eigenvalue weighted by Gasteiger charge is 2.19. The van der Waals surface area contributed by atoms with Crippen LogP contribution in [0.1, 0.15) is 24.0 Å². The number of carbonyl (C=O) groups is 1. The number of nitrogens with one attached hydrogen (secondary N) is 1. The fraction of sp³-hybridized carbons (Fsp3) is 0.533. The van der Waals surface area contributed by atoms with Gasteiger partial charge in [0.2, 0.25) is 5.91 Å². The van der Waals surface area contributed by atoms with Crippen molar-refractivity contribution in [1.29, 1.82) is 0 Å². The van der Waals surface area contributed by atoms with E-state index < -0.39 is 6.04 Å². The maximum absolute atomic E-state index is 12.0. The first-order valence-corrected chi connectivity index (χ1v) is 7.87. The van der Waals surface area contributed by atoms with Crippen molar-refractivity contribution in [3.63, 3.8) is 0 Å². The summed E-state index contributed by atoms with van der Waals surface area (Å²) in [4.78, 5) is 12.0. The molecule has 3 N–H and O–H groups in total. The predicted octanol–water partition coefficient (Wildman–Crippen LogP) is 1.75. The van der Waals surface area contributed by atoms with Crippen LogP contribution in [0.2, 0.25) is 0 Å². The molecule has 1 unspecified atom stereocenters. The number of halogens is 1. The summed E-state index contributed by atoms with van der Waals surface area (Å²) in [5.41, 5.74) is 8.02. The highest BCUT2D eigenvalue weighted by molar-refractivity contribution is 9.10. The minimum atomic E-state index is -0.499. The van der Waals surface area contributed by atoms with E-state index >= 15 is 0 Å². The van der Waals surface area contributed by atoms with E-state index in [2.05, 4.69) is 27.3 Å². The number of hydrogen-bond acceptors (Lipinski definition) is 4. The van der Waals surface area contributed by atoms with Crippen molar-refractivity contribution in [2.24, 2.45) is 5.73 Å². The van der Waals surface area contributed by atoms with Gasteiger partial charge in [0, 0.05) is 36.7 Å². The number of rotatable bonds is 7. The Morgan fingerprint density at radius 3 is 3.14 bits per heavy atom. The summed E-state index contributed by atoms with van der Waals surface area (Å²) in [6.45, 7) is 1.75. The molecule has 1 atom stereocenters. The van der Waals surface area contributed by atoms with Crippen molar-refractivity contribution >= 4 is 21.8 Å². The van der Waals surface area contributed by atoms with Gasteiger partial charge in [-0.25, -0.2) is 0 Å². The molecule has 0 aliphatic carbocycles. The lowest BCUT2D eigenvalue weighted by atomic mass is 10.1. The number of methoxy groups -OCH3 is 1. The summed E-state index contributed by atoms with van der Waals surface area (Å²) in [5.74, 6) is 0.754. The van der Waals surface area contributed by atoms with Gasteiger partial charge in [0.05, 0.1) is 12.6 Å². The average Bonchev–Trinajstić information content (AvgIpc) is 2.92. The molecule has 6 heteroatoms. The van der Waals surface area contributed by atoms with E-state index in [4.69, 9.17) is 15.2 Å². The zero-order valence-electron chi connectivity index (χ0n) is 12.2. The van der Waals surface area contributed by atoms with Crippen LogP contribution in [0.15, 0.2) is 16.6 Å². The molecular weight excluding hydrogens is 336 g/mol. The average molecular weight is 357 g/mol. The Balaban J connectivity index is 1.90. The third kappa shape index (κ3) is 4.43. The summed E-state index contributed by atoms with van der Waals surface area (Å²) in [5, 5.41) is 2.88. The highest BCUT2D eigenvalue weighted by Crippen LogP contribution is 2.32. The van der Waals surface area contributed by atoms with Crippen LogP contribution in [-0.2, 0) is 22.5 Å². The molecule has 0 bridgehead atoms. The van der Waals surface area contributed by atoms with Gasteiger partial charge in [-0.3, -0.25) is 4.79 Å². The van der Waals surface area contributed by atoms with Crippen LogP contribution in [0, 0.1) is 0 Å². The molecule has 21 heavy (non-hydrogen) atoms. The molecule has 1 aromatic carbocycles. The van der Waals surface area contributed by atoms with Gasteiger partial charge in [-0.15, -0.1) is 0 Å². The van der Waals surface area contributed by atoms with E-state index in [-0.39, 0.29) is 5.91 Å². The molecule has 116 valence electrons. The zero-order valence-corrected chi connectivity index (χ0v) is 13.7. The predicted molar refractivity (Wildman–Crippen MR) is 84.3 cm³/mol. The number of hydrogen-bond donors (Lipinski definition) is 2. The Morgan fingerprint density at radius 2 is 2.38 bits per heavy atom. The molecule has 1 aliphatic rings. The second-order valence-corrected chi connectivity index (χ2v) is 6.03. The van der Waals surface area contributed by atoms with Gasteiger partial charge in [-0.2, -0.15) is 0 Å². The molecule has 5 nitrogen and oxygen atoms in total. The zero-order chi connectivity index (χ0) is 15.2. The van der Waals surface area contributed by atoms with Crippen LogP contribution in [0.3, 0.4) is 0 Å². The maximum atomic E-state index is 12.0. The lowest BCUT2D eigenvalue weighted by molar-refractivity contribution is -0.122. The molecule has 1 heterocycles. The molecule has 2 rings (SSSR count). The first-order valence-electron chi connectivity index (χ1n) is 7.08. The minimum absolute atomic E-state index is 0.141. The van der Waals surface area contributed by atoms with Gasteiger partial charge in [0.25, 0.3) is 0 Å². The van der Waals surface area contributed by atoms with Gasteiger partial charge in [0.15, 0.2) is 0 Å². The molecule has 0 radical (unpaired) electrons. The summed E-state index contributed by atoms with van der Waals surface area (Å²) in [7, 11) is 1.64. The number of amides is 1. The maximum Gasteiger partial charge on any atom is 0.237 e. The monoisotopic (exact) mass is 356 g/mol. The highest BCUT2D eigenvalue weighted by atomic mass is 79.9. The fourth-order valence-electron chi connectivity index (χ4n) is 2.37. The van der Waals surface area contributed by atoms with E-state index in [0.717, 1.165) is 28.6 Å². The molecule has 1 amide bonds. The first-order chi connectivity index (χ1) is 10.1.